The zero-order chi connectivity index (χ0) is 17.0. The Morgan fingerprint density at radius 1 is 1.39 bits per heavy atom. The van der Waals surface area contributed by atoms with Crippen molar-refractivity contribution >= 4 is 23.2 Å². The molecule has 0 aromatic heterocycles. The Bertz CT molecular complexity index is 633. The fraction of sp³-hybridized carbons (Fsp3) is 0.450. The Labute approximate surface area is 140 Å². The fourth-order valence-electron chi connectivity index (χ4n) is 2.75. The van der Waals surface area contributed by atoms with Crippen molar-refractivity contribution in [3.63, 3.8) is 0 Å². The first-order chi connectivity index (χ1) is 10.8. The quantitative estimate of drug-likeness (QED) is 0.740. The third-order valence-electron chi connectivity index (χ3n) is 3.83. The van der Waals surface area contributed by atoms with Crippen molar-refractivity contribution in [2.24, 2.45) is 10.4 Å². The molecule has 2 N–H and O–H groups in total. The van der Waals surface area contributed by atoms with Crippen molar-refractivity contribution in [3.8, 4) is 0 Å². The Morgan fingerprint density at radius 3 is 2.78 bits per heavy atom. The summed E-state index contributed by atoms with van der Waals surface area (Å²) in [6.45, 7) is 13.1. The second-order valence-electron chi connectivity index (χ2n) is 7.52. The van der Waals surface area contributed by atoms with E-state index < -0.39 is 0 Å². The highest BCUT2D eigenvalue weighted by molar-refractivity contribution is 6.13. The summed E-state index contributed by atoms with van der Waals surface area (Å²) in [5.41, 5.74) is 5.87. The number of para-hydroxylation sites is 1. The van der Waals surface area contributed by atoms with Gasteiger partial charge in [-0.1, -0.05) is 45.6 Å². The molecule has 3 nitrogen and oxygen atoms in total. The van der Waals surface area contributed by atoms with Crippen LogP contribution in [-0.2, 0) is 0 Å². The maximum Gasteiger partial charge on any atom is 0.0661 e. The van der Waals surface area contributed by atoms with E-state index in [4.69, 9.17) is 0 Å². The van der Waals surface area contributed by atoms with Crippen molar-refractivity contribution in [3.05, 3.63) is 42.1 Å². The standard InChI is InChI=1S/C20H29N3/c1-14-12-15(2)23-19-17(8-7-9-18(19)22-14)16(13-21-6)10-11-20(3,4)5/h7-10,13,15,22-23H,1,11-12H2,2-6H3/b16-10+,21-13?. The highest BCUT2D eigenvalue weighted by Gasteiger charge is 2.18. The van der Waals surface area contributed by atoms with Crippen molar-refractivity contribution < 1.29 is 0 Å². The molecule has 1 unspecified atom stereocenters. The van der Waals surface area contributed by atoms with E-state index >= 15 is 0 Å². The number of hydrogen-bond acceptors (Lipinski definition) is 3. The first-order valence-corrected chi connectivity index (χ1v) is 8.27. The van der Waals surface area contributed by atoms with Crippen molar-refractivity contribution in [2.75, 3.05) is 17.7 Å². The minimum atomic E-state index is 0.256. The maximum absolute atomic E-state index is 4.26. The van der Waals surface area contributed by atoms with Gasteiger partial charge in [-0.2, -0.15) is 0 Å². The van der Waals surface area contributed by atoms with Gasteiger partial charge in [0.1, 0.15) is 0 Å². The number of aliphatic imine (C=N–C) groups is 1. The molecular weight excluding hydrogens is 282 g/mol. The normalized spacial score (nSPS) is 19.1. The van der Waals surface area contributed by atoms with E-state index in [0.29, 0.717) is 6.04 Å². The van der Waals surface area contributed by atoms with Gasteiger partial charge in [0.05, 0.1) is 11.4 Å². The second kappa shape index (κ2) is 7.03. The smallest absolute Gasteiger partial charge is 0.0661 e. The van der Waals surface area contributed by atoms with Crippen LogP contribution in [0.5, 0.6) is 0 Å². The highest BCUT2D eigenvalue weighted by atomic mass is 15.0. The number of anilines is 2. The molecule has 0 spiro atoms. The summed E-state index contributed by atoms with van der Waals surface area (Å²) < 4.78 is 0. The van der Waals surface area contributed by atoms with Crippen LogP contribution in [0.3, 0.4) is 0 Å². The number of rotatable bonds is 3. The zero-order valence-electron chi connectivity index (χ0n) is 15.0. The van der Waals surface area contributed by atoms with Crippen LogP contribution in [0, 0.1) is 5.41 Å². The molecule has 1 aromatic carbocycles. The highest BCUT2D eigenvalue weighted by Crippen LogP contribution is 2.35. The monoisotopic (exact) mass is 311 g/mol. The SMILES string of the molecule is C=C1CC(C)Nc2c(cccc2/C(C=NC)=C/CC(C)(C)C)N1. The topological polar surface area (TPSA) is 36.4 Å². The summed E-state index contributed by atoms with van der Waals surface area (Å²) >= 11 is 0. The summed E-state index contributed by atoms with van der Waals surface area (Å²) in [7, 11) is 1.82. The first kappa shape index (κ1) is 17.3. The lowest BCUT2D eigenvalue weighted by Crippen LogP contribution is -2.15. The lowest BCUT2D eigenvalue weighted by Gasteiger charge is -2.19. The summed E-state index contributed by atoms with van der Waals surface area (Å²) in [4.78, 5) is 4.26. The molecule has 0 saturated heterocycles. The molecular formula is C20H29N3. The van der Waals surface area contributed by atoms with E-state index in [0.717, 1.165) is 35.5 Å². The molecule has 0 saturated carbocycles. The third kappa shape index (κ3) is 4.72. The maximum atomic E-state index is 4.26. The lowest BCUT2D eigenvalue weighted by molar-refractivity contribution is 0.421. The van der Waals surface area contributed by atoms with Gasteiger partial charge in [0, 0.05) is 37.0 Å². The minimum Gasteiger partial charge on any atom is -0.380 e. The molecule has 0 bridgehead atoms. The van der Waals surface area contributed by atoms with Gasteiger partial charge in [-0.3, -0.25) is 4.99 Å². The van der Waals surface area contributed by atoms with Crippen molar-refractivity contribution in [1.29, 1.82) is 0 Å². The first-order valence-electron chi connectivity index (χ1n) is 8.27. The minimum absolute atomic E-state index is 0.256. The average molecular weight is 311 g/mol. The van der Waals surface area contributed by atoms with E-state index in [-0.39, 0.29) is 5.41 Å². The van der Waals surface area contributed by atoms with Gasteiger partial charge >= 0.3 is 0 Å². The summed E-state index contributed by atoms with van der Waals surface area (Å²) in [5.74, 6) is 0. The molecule has 3 heteroatoms. The molecule has 0 amide bonds. The van der Waals surface area contributed by atoms with Crippen LogP contribution in [0.4, 0.5) is 11.4 Å². The Hall–Kier alpha value is -2.03. The molecule has 0 fully saturated rings. The average Bonchev–Trinajstić information content (AvgIpc) is 2.58. The van der Waals surface area contributed by atoms with E-state index in [1.165, 1.54) is 5.56 Å². The number of allylic oxidation sites excluding steroid dienone is 2. The fourth-order valence-corrected chi connectivity index (χ4v) is 2.75. The molecule has 1 aromatic rings. The predicted octanol–water partition coefficient (Wildman–Crippen LogP) is 5.34. The van der Waals surface area contributed by atoms with Crippen LogP contribution in [0.1, 0.15) is 46.1 Å². The van der Waals surface area contributed by atoms with Crippen molar-refractivity contribution in [2.45, 2.75) is 46.6 Å². The number of nitrogens with one attached hydrogen (secondary N) is 2. The number of fused-ring (bicyclic) bond motifs is 1. The van der Waals surface area contributed by atoms with Crippen LogP contribution in [0.2, 0.25) is 0 Å². The Morgan fingerprint density at radius 2 is 2.13 bits per heavy atom. The van der Waals surface area contributed by atoms with Gasteiger partial charge in [-0.05, 0) is 30.4 Å². The van der Waals surface area contributed by atoms with E-state index in [9.17, 15) is 0 Å². The third-order valence-corrected chi connectivity index (χ3v) is 3.83. The van der Waals surface area contributed by atoms with Crippen LogP contribution in [0.25, 0.3) is 5.57 Å². The summed E-state index contributed by atoms with van der Waals surface area (Å²) in [5, 5.41) is 7.07. The molecule has 2 rings (SSSR count). The predicted molar refractivity (Wildman–Crippen MR) is 103 cm³/mol. The van der Waals surface area contributed by atoms with E-state index in [1.807, 2.05) is 13.3 Å². The number of benzene rings is 1. The molecule has 1 aliphatic heterocycles. The van der Waals surface area contributed by atoms with Crippen LogP contribution in [-0.4, -0.2) is 19.3 Å². The molecule has 0 radical (unpaired) electrons. The van der Waals surface area contributed by atoms with Gasteiger partial charge in [-0.25, -0.2) is 0 Å². The van der Waals surface area contributed by atoms with Crippen LogP contribution < -0.4 is 10.6 Å². The summed E-state index contributed by atoms with van der Waals surface area (Å²) in [6, 6.07) is 6.68. The molecule has 23 heavy (non-hydrogen) atoms. The summed E-state index contributed by atoms with van der Waals surface area (Å²) in [6.07, 6.45) is 6.16. The van der Waals surface area contributed by atoms with Gasteiger partial charge in [0.25, 0.3) is 0 Å². The second-order valence-corrected chi connectivity index (χ2v) is 7.52. The molecule has 1 heterocycles. The Kier molecular flexibility index (Phi) is 5.30. The van der Waals surface area contributed by atoms with E-state index in [2.05, 4.69) is 74.2 Å². The van der Waals surface area contributed by atoms with Gasteiger partial charge in [0.2, 0.25) is 0 Å². The van der Waals surface area contributed by atoms with E-state index in [1.54, 1.807) is 0 Å². The molecule has 124 valence electrons. The Balaban J connectivity index is 2.49. The zero-order valence-corrected chi connectivity index (χ0v) is 15.0. The number of hydrogen-bond donors (Lipinski definition) is 2. The lowest BCUT2D eigenvalue weighted by atomic mass is 9.90. The van der Waals surface area contributed by atoms with Gasteiger partial charge in [0.15, 0.2) is 0 Å². The molecule has 1 aliphatic rings. The molecule has 1 atom stereocenters. The molecule has 0 aliphatic carbocycles. The van der Waals surface area contributed by atoms with Crippen molar-refractivity contribution in [1.82, 2.24) is 0 Å². The van der Waals surface area contributed by atoms with Gasteiger partial charge in [-0.15, -0.1) is 0 Å². The van der Waals surface area contributed by atoms with Crippen LogP contribution >= 0.6 is 0 Å². The van der Waals surface area contributed by atoms with Gasteiger partial charge < -0.3 is 10.6 Å². The van der Waals surface area contributed by atoms with Crippen LogP contribution in [0.15, 0.2) is 41.5 Å². The number of nitrogens with zero attached hydrogens (tertiary/aromatic N) is 1. The largest absolute Gasteiger partial charge is 0.380 e.